The van der Waals surface area contributed by atoms with Gasteiger partial charge < -0.3 is 14.4 Å². The third kappa shape index (κ3) is 8.70. The Hall–Kier alpha value is -3.61. The maximum Gasteiger partial charge on any atom is 0.328 e. The van der Waals surface area contributed by atoms with E-state index in [9.17, 15) is 9.59 Å². The van der Waals surface area contributed by atoms with Gasteiger partial charge >= 0.3 is 5.97 Å². The number of aryl methyl sites for hydroxylation is 1. The molecule has 7 heteroatoms. The molecule has 0 radical (unpaired) electrons. The van der Waals surface area contributed by atoms with Gasteiger partial charge in [-0.1, -0.05) is 69.9 Å². The molecule has 0 saturated carbocycles. The van der Waals surface area contributed by atoms with Crippen molar-refractivity contribution >= 4 is 11.7 Å². The normalized spacial score (nSPS) is 11.7. The van der Waals surface area contributed by atoms with Gasteiger partial charge in [-0.3, -0.25) is 9.36 Å². The first kappa shape index (κ1) is 29.9. The summed E-state index contributed by atoms with van der Waals surface area (Å²) in [7, 11) is 0. The van der Waals surface area contributed by atoms with Crippen LogP contribution in [0.25, 0.3) is 11.3 Å². The third-order valence-electron chi connectivity index (χ3n) is 6.82. The number of aromatic nitrogens is 2. The predicted molar refractivity (Wildman–Crippen MR) is 157 cm³/mol. The van der Waals surface area contributed by atoms with Crippen molar-refractivity contribution in [3.63, 3.8) is 0 Å². The van der Waals surface area contributed by atoms with Crippen molar-refractivity contribution in [3.05, 3.63) is 76.8 Å². The van der Waals surface area contributed by atoms with Gasteiger partial charge in [0.1, 0.15) is 24.2 Å². The second kappa shape index (κ2) is 15.7. The number of hydrogen-bond acceptors (Lipinski definition) is 6. The lowest BCUT2D eigenvalue weighted by Crippen LogP contribution is -2.41. The monoisotopic (exact) mass is 533 g/mol. The molecule has 1 aromatic heterocycles. The van der Waals surface area contributed by atoms with Crippen LogP contribution in [0.5, 0.6) is 5.75 Å². The summed E-state index contributed by atoms with van der Waals surface area (Å²) < 4.78 is 13.0. The molecule has 7 nitrogen and oxygen atoms in total. The molecule has 39 heavy (non-hydrogen) atoms. The number of benzene rings is 2. The largest absolute Gasteiger partial charge is 0.492 e. The number of hydrogen-bond donors (Lipinski definition) is 0. The Labute approximate surface area is 232 Å². The highest BCUT2D eigenvalue weighted by molar-refractivity contribution is 5.79. The van der Waals surface area contributed by atoms with Gasteiger partial charge in [0.2, 0.25) is 0 Å². The van der Waals surface area contributed by atoms with Crippen molar-refractivity contribution in [3.8, 4) is 17.0 Å². The summed E-state index contributed by atoms with van der Waals surface area (Å²) in [6, 6.07) is 18.8. The standard InChI is InChI=1S/C32H43N3O4/c1-5-8-9-10-14-21-34(25(4)32(37)38-7-3)27-17-19-28(20-18-27)39-23-22-35-30(6-2)33-29(24-31(35)36)26-15-12-11-13-16-26/h11-13,15-20,24-25H,5-10,14,21-23H2,1-4H3/t25-/m1/s1. The molecule has 0 spiro atoms. The molecule has 0 unspecified atom stereocenters. The Balaban J connectivity index is 1.64. The van der Waals surface area contributed by atoms with Crippen molar-refractivity contribution in [1.29, 1.82) is 0 Å². The lowest BCUT2D eigenvalue weighted by Gasteiger charge is -2.30. The fourth-order valence-corrected chi connectivity index (χ4v) is 4.63. The van der Waals surface area contributed by atoms with Crippen LogP contribution >= 0.6 is 0 Å². The molecule has 3 aromatic rings. The van der Waals surface area contributed by atoms with Gasteiger partial charge in [0.25, 0.3) is 5.56 Å². The molecule has 210 valence electrons. The van der Waals surface area contributed by atoms with Gasteiger partial charge in [0, 0.05) is 30.3 Å². The first-order chi connectivity index (χ1) is 19.0. The Morgan fingerprint density at radius 3 is 2.36 bits per heavy atom. The number of nitrogens with zero attached hydrogens (tertiary/aromatic N) is 3. The number of esters is 1. The van der Waals surface area contributed by atoms with E-state index in [1.165, 1.54) is 19.3 Å². The average molecular weight is 534 g/mol. The lowest BCUT2D eigenvalue weighted by atomic mass is 10.1. The van der Waals surface area contributed by atoms with Crippen LogP contribution < -0.4 is 15.2 Å². The molecule has 0 aliphatic heterocycles. The quantitative estimate of drug-likeness (QED) is 0.159. The van der Waals surface area contributed by atoms with E-state index < -0.39 is 0 Å². The molecule has 0 amide bonds. The van der Waals surface area contributed by atoms with Crippen LogP contribution in [0.1, 0.15) is 65.6 Å². The van der Waals surface area contributed by atoms with Gasteiger partial charge in [0.05, 0.1) is 18.8 Å². The minimum Gasteiger partial charge on any atom is -0.492 e. The molecule has 0 aliphatic carbocycles. The third-order valence-corrected chi connectivity index (χ3v) is 6.82. The summed E-state index contributed by atoms with van der Waals surface area (Å²) in [5.41, 5.74) is 2.50. The number of carbonyl (C=O) groups excluding carboxylic acids is 1. The number of carbonyl (C=O) groups is 1. The minimum absolute atomic E-state index is 0.0813. The lowest BCUT2D eigenvalue weighted by molar-refractivity contribution is -0.144. The van der Waals surface area contributed by atoms with E-state index in [4.69, 9.17) is 14.5 Å². The summed E-state index contributed by atoms with van der Waals surface area (Å²) in [4.78, 5) is 32.2. The second-order valence-corrected chi connectivity index (χ2v) is 9.65. The van der Waals surface area contributed by atoms with Gasteiger partial charge in [-0.25, -0.2) is 9.78 Å². The summed E-state index contributed by atoms with van der Waals surface area (Å²) in [6.45, 7) is 9.85. The van der Waals surface area contributed by atoms with Gasteiger partial charge in [-0.2, -0.15) is 0 Å². The molecule has 2 aromatic carbocycles. The van der Waals surface area contributed by atoms with E-state index in [1.807, 2.05) is 75.4 Å². The zero-order chi connectivity index (χ0) is 28.0. The first-order valence-electron chi connectivity index (χ1n) is 14.3. The van der Waals surface area contributed by atoms with E-state index in [1.54, 1.807) is 10.6 Å². The average Bonchev–Trinajstić information content (AvgIpc) is 2.96. The van der Waals surface area contributed by atoms with Crippen molar-refractivity contribution in [2.45, 2.75) is 78.8 Å². The Morgan fingerprint density at radius 1 is 0.974 bits per heavy atom. The van der Waals surface area contributed by atoms with Gasteiger partial charge in [-0.05, 0) is 44.5 Å². The highest BCUT2D eigenvalue weighted by Gasteiger charge is 2.22. The second-order valence-electron chi connectivity index (χ2n) is 9.65. The Morgan fingerprint density at radius 2 is 1.69 bits per heavy atom. The van der Waals surface area contributed by atoms with Gasteiger partial charge in [0.15, 0.2) is 0 Å². The van der Waals surface area contributed by atoms with Crippen LogP contribution in [0.4, 0.5) is 5.69 Å². The maximum atomic E-state index is 12.9. The molecule has 0 N–H and O–H groups in total. The molecule has 1 atom stereocenters. The predicted octanol–water partition coefficient (Wildman–Crippen LogP) is 6.28. The zero-order valence-electron chi connectivity index (χ0n) is 23.9. The highest BCUT2D eigenvalue weighted by Crippen LogP contribution is 2.23. The minimum atomic E-state index is -0.367. The van der Waals surface area contributed by atoms with E-state index in [0.717, 1.165) is 36.5 Å². The van der Waals surface area contributed by atoms with Gasteiger partial charge in [-0.15, -0.1) is 0 Å². The maximum absolute atomic E-state index is 12.9. The Bertz CT molecular complexity index is 1210. The Kier molecular flexibility index (Phi) is 12.1. The topological polar surface area (TPSA) is 73.7 Å². The summed E-state index contributed by atoms with van der Waals surface area (Å²) in [5.74, 6) is 1.24. The molecular formula is C32H43N3O4. The van der Waals surface area contributed by atoms with Crippen molar-refractivity contribution < 1.29 is 14.3 Å². The number of anilines is 1. The van der Waals surface area contributed by atoms with E-state index >= 15 is 0 Å². The van der Waals surface area contributed by atoms with Crippen LogP contribution in [0.15, 0.2) is 65.5 Å². The summed E-state index contributed by atoms with van der Waals surface area (Å²) in [6.07, 6.45) is 6.46. The SMILES string of the molecule is CCCCCCCN(c1ccc(OCCn2c(CC)nc(-c3ccccc3)cc2=O)cc1)[C@H](C)C(=O)OCC. The molecule has 1 heterocycles. The fourth-order valence-electron chi connectivity index (χ4n) is 4.63. The molecule has 0 saturated heterocycles. The molecule has 0 bridgehead atoms. The van der Waals surface area contributed by atoms with Crippen LogP contribution in [-0.2, 0) is 22.5 Å². The van der Waals surface area contributed by atoms with Crippen molar-refractivity contribution in [2.75, 3.05) is 24.7 Å². The van der Waals surface area contributed by atoms with Crippen LogP contribution in [0, 0.1) is 0 Å². The zero-order valence-corrected chi connectivity index (χ0v) is 23.9. The molecule has 0 aliphatic rings. The van der Waals surface area contributed by atoms with Crippen molar-refractivity contribution in [2.24, 2.45) is 0 Å². The van der Waals surface area contributed by atoms with Crippen LogP contribution in [0.2, 0.25) is 0 Å². The molecular weight excluding hydrogens is 490 g/mol. The van der Waals surface area contributed by atoms with Crippen molar-refractivity contribution in [1.82, 2.24) is 9.55 Å². The number of ether oxygens (including phenoxy) is 2. The highest BCUT2D eigenvalue weighted by atomic mass is 16.5. The number of rotatable bonds is 16. The first-order valence-corrected chi connectivity index (χ1v) is 14.3. The fraction of sp³-hybridized carbons (Fsp3) is 0.469. The molecule has 0 fully saturated rings. The van der Waals surface area contributed by atoms with E-state index in [2.05, 4.69) is 11.8 Å². The summed E-state index contributed by atoms with van der Waals surface area (Å²) in [5, 5.41) is 0. The number of unbranched alkanes of at least 4 members (excludes halogenated alkanes) is 4. The smallest absolute Gasteiger partial charge is 0.328 e. The van der Waals surface area contributed by atoms with E-state index in [-0.39, 0.29) is 17.6 Å². The summed E-state index contributed by atoms with van der Waals surface area (Å²) >= 11 is 0. The van der Waals surface area contributed by atoms with Crippen LogP contribution in [-0.4, -0.2) is 41.3 Å². The van der Waals surface area contributed by atoms with Crippen LogP contribution in [0.3, 0.4) is 0 Å². The molecule has 3 rings (SSSR count). The van der Waals surface area contributed by atoms with E-state index in [0.29, 0.717) is 37.6 Å².